The van der Waals surface area contributed by atoms with E-state index < -0.39 is 0 Å². The Morgan fingerprint density at radius 3 is 2.70 bits per heavy atom. The highest BCUT2D eigenvalue weighted by atomic mass is 16.1. The van der Waals surface area contributed by atoms with Crippen molar-refractivity contribution in [2.45, 2.75) is 37.8 Å². The second-order valence-corrected chi connectivity index (χ2v) is 5.66. The van der Waals surface area contributed by atoms with Crippen molar-refractivity contribution in [2.75, 3.05) is 24.5 Å². The zero-order valence-corrected chi connectivity index (χ0v) is 11.7. The number of hydrogen-bond donors (Lipinski definition) is 2. The van der Waals surface area contributed by atoms with Crippen molar-refractivity contribution in [3.05, 3.63) is 24.4 Å². The fourth-order valence-corrected chi connectivity index (χ4v) is 3.02. The van der Waals surface area contributed by atoms with Crippen LogP contribution in [0.2, 0.25) is 0 Å². The smallest absolute Gasteiger partial charge is 0.220 e. The Hall–Kier alpha value is -1.62. The third-order valence-electron chi connectivity index (χ3n) is 4.21. The number of carbonyl (C=O) groups is 1. The van der Waals surface area contributed by atoms with Crippen molar-refractivity contribution < 1.29 is 4.79 Å². The molecule has 2 saturated heterocycles. The molecule has 20 heavy (non-hydrogen) atoms. The Labute approximate surface area is 119 Å². The topological polar surface area (TPSA) is 57.3 Å². The minimum absolute atomic E-state index is 0.188. The molecule has 0 aromatic carbocycles. The molecule has 108 valence electrons. The highest BCUT2D eigenvalue weighted by Crippen LogP contribution is 2.18. The third kappa shape index (κ3) is 3.28. The summed E-state index contributed by atoms with van der Waals surface area (Å²) in [6.07, 6.45) is 5.75. The maximum absolute atomic E-state index is 11.1. The van der Waals surface area contributed by atoms with Gasteiger partial charge in [0, 0.05) is 44.3 Å². The minimum Gasteiger partial charge on any atom is -0.357 e. The second kappa shape index (κ2) is 6.22. The summed E-state index contributed by atoms with van der Waals surface area (Å²) in [5, 5.41) is 6.62. The van der Waals surface area contributed by atoms with E-state index in [9.17, 15) is 4.79 Å². The number of rotatable bonds is 3. The maximum atomic E-state index is 11.1. The molecule has 3 rings (SSSR count). The average Bonchev–Trinajstić information content (AvgIpc) is 2.51. The number of anilines is 1. The van der Waals surface area contributed by atoms with E-state index in [-0.39, 0.29) is 5.91 Å². The van der Waals surface area contributed by atoms with Crippen LogP contribution in [-0.4, -0.2) is 42.6 Å². The van der Waals surface area contributed by atoms with Crippen LogP contribution in [0.3, 0.4) is 0 Å². The molecule has 5 nitrogen and oxygen atoms in total. The largest absolute Gasteiger partial charge is 0.357 e. The van der Waals surface area contributed by atoms with Gasteiger partial charge < -0.3 is 15.5 Å². The predicted molar refractivity (Wildman–Crippen MR) is 78.6 cm³/mol. The Balaban J connectivity index is 1.46. The van der Waals surface area contributed by atoms with Gasteiger partial charge in [0.05, 0.1) is 0 Å². The van der Waals surface area contributed by atoms with Crippen molar-refractivity contribution in [1.29, 1.82) is 0 Å². The van der Waals surface area contributed by atoms with Gasteiger partial charge in [0.25, 0.3) is 0 Å². The summed E-state index contributed by atoms with van der Waals surface area (Å²) in [5.41, 5.74) is 0. The lowest BCUT2D eigenvalue weighted by Gasteiger charge is -2.36. The van der Waals surface area contributed by atoms with Gasteiger partial charge in [-0.25, -0.2) is 4.98 Å². The lowest BCUT2D eigenvalue weighted by atomic mass is 10.0. The van der Waals surface area contributed by atoms with E-state index in [1.165, 1.54) is 0 Å². The zero-order valence-electron chi connectivity index (χ0n) is 11.7. The van der Waals surface area contributed by atoms with E-state index >= 15 is 0 Å². The lowest BCUT2D eigenvalue weighted by molar-refractivity contribution is -0.122. The van der Waals surface area contributed by atoms with Crippen LogP contribution >= 0.6 is 0 Å². The molecule has 2 N–H and O–H groups in total. The average molecular weight is 274 g/mol. The van der Waals surface area contributed by atoms with Gasteiger partial charge in [0.1, 0.15) is 5.82 Å². The van der Waals surface area contributed by atoms with Crippen LogP contribution in [0.25, 0.3) is 0 Å². The van der Waals surface area contributed by atoms with Gasteiger partial charge in [-0.3, -0.25) is 4.79 Å². The van der Waals surface area contributed by atoms with E-state index in [0.717, 1.165) is 44.7 Å². The number of nitrogens with one attached hydrogen (secondary N) is 2. The molecule has 0 bridgehead atoms. The third-order valence-corrected chi connectivity index (χ3v) is 4.21. The molecule has 0 radical (unpaired) electrons. The molecular formula is C15H22N4O. The predicted octanol–water partition coefficient (Wildman–Crippen LogP) is 0.919. The van der Waals surface area contributed by atoms with Gasteiger partial charge in [-0.2, -0.15) is 0 Å². The fraction of sp³-hybridized carbons (Fsp3) is 0.600. The van der Waals surface area contributed by atoms with Crippen molar-refractivity contribution in [3.8, 4) is 0 Å². The maximum Gasteiger partial charge on any atom is 0.220 e. The van der Waals surface area contributed by atoms with Crippen LogP contribution in [0, 0.1) is 0 Å². The molecule has 2 fully saturated rings. The molecule has 0 aliphatic carbocycles. The van der Waals surface area contributed by atoms with Gasteiger partial charge in [-0.05, 0) is 31.4 Å². The molecule has 2 aliphatic heterocycles. The summed E-state index contributed by atoms with van der Waals surface area (Å²) >= 11 is 0. The number of carbonyl (C=O) groups excluding carboxylic acids is 1. The molecule has 2 aliphatic rings. The first kappa shape index (κ1) is 13.4. The summed E-state index contributed by atoms with van der Waals surface area (Å²) in [6, 6.07) is 7.07. The molecular weight excluding hydrogens is 252 g/mol. The van der Waals surface area contributed by atoms with Gasteiger partial charge in [0.15, 0.2) is 0 Å². The Bertz CT molecular complexity index is 432. The zero-order chi connectivity index (χ0) is 13.8. The first-order chi connectivity index (χ1) is 9.81. The van der Waals surface area contributed by atoms with Crippen LogP contribution in [0.15, 0.2) is 24.4 Å². The molecule has 0 saturated carbocycles. The van der Waals surface area contributed by atoms with Crippen molar-refractivity contribution >= 4 is 11.7 Å². The summed E-state index contributed by atoms with van der Waals surface area (Å²) in [6.45, 7) is 2.88. The van der Waals surface area contributed by atoms with Gasteiger partial charge in [-0.15, -0.1) is 0 Å². The lowest BCUT2D eigenvalue weighted by Crippen LogP contribution is -2.52. The summed E-state index contributed by atoms with van der Waals surface area (Å²) in [7, 11) is 0. The van der Waals surface area contributed by atoms with E-state index in [4.69, 9.17) is 0 Å². The van der Waals surface area contributed by atoms with Gasteiger partial charge in [0.2, 0.25) is 5.91 Å². The monoisotopic (exact) mass is 274 g/mol. The fourth-order valence-electron chi connectivity index (χ4n) is 3.02. The highest BCUT2D eigenvalue weighted by Gasteiger charge is 2.24. The summed E-state index contributed by atoms with van der Waals surface area (Å²) < 4.78 is 0. The van der Waals surface area contributed by atoms with E-state index in [1.54, 1.807) is 0 Å². The second-order valence-electron chi connectivity index (χ2n) is 5.66. The van der Waals surface area contributed by atoms with Crippen LogP contribution in [0.1, 0.15) is 25.7 Å². The summed E-state index contributed by atoms with van der Waals surface area (Å²) in [5.74, 6) is 1.27. The number of pyridine rings is 1. The molecule has 5 heteroatoms. The van der Waals surface area contributed by atoms with E-state index in [2.05, 4.69) is 26.6 Å². The number of nitrogens with zero attached hydrogens (tertiary/aromatic N) is 2. The van der Waals surface area contributed by atoms with E-state index in [0.29, 0.717) is 18.5 Å². The van der Waals surface area contributed by atoms with Crippen LogP contribution in [0.4, 0.5) is 5.82 Å². The Morgan fingerprint density at radius 1 is 1.20 bits per heavy atom. The quantitative estimate of drug-likeness (QED) is 0.860. The van der Waals surface area contributed by atoms with Crippen LogP contribution in [-0.2, 0) is 4.79 Å². The van der Waals surface area contributed by atoms with Gasteiger partial charge >= 0.3 is 0 Å². The van der Waals surface area contributed by atoms with Crippen molar-refractivity contribution in [3.63, 3.8) is 0 Å². The molecule has 3 heterocycles. The minimum atomic E-state index is 0.188. The number of aromatic nitrogens is 1. The highest BCUT2D eigenvalue weighted by molar-refractivity contribution is 5.76. The summed E-state index contributed by atoms with van der Waals surface area (Å²) in [4.78, 5) is 17.9. The first-order valence-corrected chi connectivity index (χ1v) is 7.50. The van der Waals surface area contributed by atoms with Crippen molar-refractivity contribution in [1.82, 2.24) is 15.6 Å². The number of piperidine rings is 2. The molecule has 1 amide bonds. The van der Waals surface area contributed by atoms with Crippen LogP contribution < -0.4 is 15.5 Å². The normalized spacial score (nSPS) is 24.5. The number of amides is 1. The molecule has 1 aromatic rings. The first-order valence-electron chi connectivity index (χ1n) is 7.50. The van der Waals surface area contributed by atoms with E-state index in [1.807, 2.05) is 18.3 Å². The standard InChI is InChI=1S/C15H22N4O/c20-15-5-4-13(11-17-15)18-12-6-9-19(10-7-12)14-3-1-2-8-16-14/h1-3,8,12-13,18H,4-7,9-11H2,(H,17,20). The molecule has 1 atom stereocenters. The van der Waals surface area contributed by atoms with Crippen molar-refractivity contribution in [2.24, 2.45) is 0 Å². The molecule has 1 unspecified atom stereocenters. The van der Waals surface area contributed by atoms with Gasteiger partial charge in [-0.1, -0.05) is 6.07 Å². The molecule has 0 spiro atoms. The van der Waals surface area contributed by atoms with Crippen LogP contribution in [0.5, 0.6) is 0 Å². The molecule has 1 aromatic heterocycles. The Morgan fingerprint density at radius 2 is 2.05 bits per heavy atom. The Kier molecular flexibility index (Phi) is 4.16. The number of hydrogen-bond acceptors (Lipinski definition) is 4. The SMILES string of the molecule is O=C1CCC(NC2CCN(c3ccccn3)CC2)CN1.